The van der Waals surface area contributed by atoms with Gasteiger partial charge in [0.25, 0.3) is 0 Å². The van der Waals surface area contributed by atoms with Crippen LogP contribution >= 0.6 is 0 Å². The third kappa shape index (κ3) is 3.09. The van der Waals surface area contributed by atoms with Crippen molar-refractivity contribution in [3.05, 3.63) is 90.5 Å². The minimum absolute atomic E-state index is 0.633. The van der Waals surface area contributed by atoms with Crippen LogP contribution in [0.4, 0.5) is 0 Å². The molecule has 0 fully saturated rings. The summed E-state index contributed by atoms with van der Waals surface area (Å²) >= 11 is 0. The van der Waals surface area contributed by atoms with Gasteiger partial charge in [0.15, 0.2) is 0 Å². The highest BCUT2D eigenvalue weighted by Crippen LogP contribution is 2.28. The fourth-order valence-electron chi connectivity index (χ4n) is 3.34. The van der Waals surface area contributed by atoms with E-state index in [2.05, 4.69) is 83.9 Å². The molecule has 0 spiro atoms. The van der Waals surface area contributed by atoms with Crippen LogP contribution in [0.5, 0.6) is 0 Å². The Balaban J connectivity index is 1.49. The lowest BCUT2D eigenvalue weighted by molar-refractivity contribution is 0.114. The molecule has 0 aliphatic rings. The fourth-order valence-corrected chi connectivity index (χ4v) is 3.34. The van der Waals surface area contributed by atoms with Crippen LogP contribution < -0.4 is 0 Å². The van der Waals surface area contributed by atoms with E-state index in [-0.39, 0.29) is 0 Å². The van der Waals surface area contributed by atoms with E-state index in [1.807, 2.05) is 6.08 Å². The molecule has 0 N–H and O–H groups in total. The molecule has 4 rings (SSSR count). The van der Waals surface area contributed by atoms with E-state index in [9.17, 15) is 0 Å². The van der Waals surface area contributed by atoms with Crippen molar-refractivity contribution in [2.24, 2.45) is 0 Å². The molecular weight excluding hydrogens is 306 g/mol. The average molecular weight is 327 g/mol. The summed E-state index contributed by atoms with van der Waals surface area (Å²) in [6.45, 7) is 5.95. The second kappa shape index (κ2) is 6.96. The molecule has 1 heterocycles. The first-order valence-corrected chi connectivity index (χ1v) is 8.62. The largest absolute Gasteiger partial charge is 0.375 e. The number of ether oxygens (including phenoxy) is 1. The molecule has 0 saturated carbocycles. The highest BCUT2D eigenvalue weighted by Gasteiger charge is 2.09. The van der Waals surface area contributed by atoms with Gasteiger partial charge >= 0.3 is 0 Å². The van der Waals surface area contributed by atoms with Crippen molar-refractivity contribution in [3.8, 4) is 0 Å². The monoisotopic (exact) mass is 327 g/mol. The molecule has 124 valence electrons. The molecule has 0 aliphatic heterocycles. The van der Waals surface area contributed by atoms with E-state index in [1.165, 1.54) is 27.4 Å². The molecule has 25 heavy (non-hydrogen) atoms. The lowest BCUT2D eigenvalue weighted by Gasteiger charge is -2.09. The summed E-state index contributed by atoms with van der Waals surface area (Å²) in [6, 6.07) is 25.5. The van der Waals surface area contributed by atoms with Gasteiger partial charge in [-0.25, -0.2) is 0 Å². The Bertz CT molecular complexity index is 958. The van der Waals surface area contributed by atoms with Gasteiger partial charge in [0.05, 0.1) is 13.2 Å². The number of nitrogens with zero attached hydrogens (tertiary/aromatic N) is 1. The molecule has 4 aromatic rings. The van der Waals surface area contributed by atoms with Gasteiger partial charge in [0, 0.05) is 28.4 Å². The van der Waals surface area contributed by atoms with Crippen LogP contribution in [-0.4, -0.2) is 11.2 Å². The van der Waals surface area contributed by atoms with Crippen LogP contribution in [0.3, 0.4) is 0 Å². The molecule has 0 radical (unpaired) electrons. The van der Waals surface area contributed by atoms with E-state index in [0.717, 1.165) is 12.1 Å². The van der Waals surface area contributed by atoms with Crippen molar-refractivity contribution in [1.29, 1.82) is 0 Å². The summed E-state index contributed by atoms with van der Waals surface area (Å²) in [5, 5.41) is 2.61. The number of hydrogen-bond donors (Lipinski definition) is 0. The Morgan fingerprint density at radius 2 is 1.40 bits per heavy atom. The summed E-state index contributed by atoms with van der Waals surface area (Å²) in [5.41, 5.74) is 4.85. The number of benzene rings is 3. The van der Waals surface area contributed by atoms with Gasteiger partial charge in [-0.15, -0.1) is 0 Å². The normalized spacial score (nSPS) is 11.2. The van der Waals surface area contributed by atoms with Gasteiger partial charge in [-0.3, -0.25) is 0 Å². The van der Waals surface area contributed by atoms with E-state index >= 15 is 0 Å². The van der Waals surface area contributed by atoms with E-state index in [4.69, 9.17) is 4.74 Å². The quantitative estimate of drug-likeness (QED) is 0.417. The van der Waals surface area contributed by atoms with Crippen LogP contribution in [0, 0.1) is 0 Å². The van der Waals surface area contributed by atoms with E-state index < -0.39 is 0 Å². The fraction of sp³-hybridized carbons (Fsp3) is 0.130. The second-order valence-electron chi connectivity index (χ2n) is 6.18. The predicted octanol–water partition coefficient (Wildman–Crippen LogP) is 5.65. The molecule has 0 amide bonds. The maximum absolute atomic E-state index is 5.92. The smallest absolute Gasteiger partial charge is 0.0717 e. The Labute approximate surface area is 148 Å². The number of rotatable bonds is 6. The van der Waals surface area contributed by atoms with Crippen molar-refractivity contribution < 1.29 is 4.74 Å². The summed E-state index contributed by atoms with van der Waals surface area (Å²) in [6.07, 6.45) is 1.85. The third-order valence-electron chi connectivity index (χ3n) is 4.62. The molecule has 1 aromatic heterocycles. The van der Waals surface area contributed by atoms with Gasteiger partial charge in [-0.2, -0.15) is 0 Å². The minimum atomic E-state index is 0.633. The molecule has 0 aliphatic carbocycles. The molecule has 2 nitrogen and oxygen atoms in total. The van der Waals surface area contributed by atoms with E-state index in [0.29, 0.717) is 13.2 Å². The van der Waals surface area contributed by atoms with E-state index in [1.54, 1.807) is 0 Å². The highest BCUT2D eigenvalue weighted by molar-refractivity contribution is 6.07. The molecule has 2 heteroatoms. The first kappa shape index (κ1) is 15.7. The van der Waals surface area contributed by atoms with Crippen molar-refractivity contribution in [1.82, 2.24) is 4.57 Å². The summed E-state index contributed by atoms with van der Waals surface area (Å²) in [4.78, 5) is 0. The first-order valence-electron chi connectivity index (χ1n) is 8.62. The van der Waals surface area contributed by atoms with Gasteiger partial charge in [0.2, 0.25) is 0 Å². The molecule has 0 unspecified atom stereocenters. The zero-order chi connectivity index (χ0) is 17.1. The maximum atomic E-state index is 5.92. The number of para-hydroxylation sites is 2. The van der Waals surface area contributed by atoms with Crippen LogP contribution in [0.2, 0.25) is 0 Å². The summed E-state index contributed by atoms with van der Waals surface area (Å²) < 4.78 is 8.27. The Morgan fingerprint density at radius 1 is 0.800 bits per heavy atom. The summed E-state index contributed by atoms with van der Waals surface area (Å²) in [7, 11) is 0. The molecular formula is C23H21NO. The van der Waals surface area contributed by atoms with Crippen molar-refractivity contribution in [2.45, 2.75) is 13.2 Å². The van der Waals surface area contributed by atoms with Crippen LogP contribution in [0.1, 0.15) is 11.1 Å². The topological polar surface area (TPSA) is 14.2 Å². The van der Waals surface area contributed by atoms with Crippen LogP contribution in [0.15, 0.2) is 79.4 Å². The highest BCUT2D eigenvalue weighted by atomic mass is 16.5. The van der Waals surface area contributed by atoms with Crippen LogP contribution in [-0.2, 0) is 17.9 Å². The maximum Gasteiger partial charge on any atom is 0.0717 e. The number of hydrogen-bond acceptors (Lipinski definition) is 1. The van der Waals surface area contributed by atoms with Gasteiger partial charge in [-0.1, -0.05) is 73.3 Å². The van der Waals surface area contributed by atoms with Crippen molar-refractivity contribution in [2.75, 3.05) is 6.61 Å². The molecule has 0 atom stereocenters. The Morgan fingerprint density at radius 3 is 2.00 bits per heavy atom. The zero-order valence-corrected chi connectivity index (χ0v) is 14.2. The second-order valence-corrected chi connectivity index (χ2v) is 6.18. The lowest BCUT2D eigenvalue weighted by Crippen LogP contribution is -2.05. The molecule has 0 bridgehead atoms. The van der Waals surface area contributed by atoms with Gasteiger partial charge in [0.1, 0.15) is 0 Å². The molecule has 3 aromatic carbocycles. The lowest BCUT2D eigenvalue weighted by atomic mass is 10.1. The summed E-state index contributed by atoms with van der Waals surface area (Å²) in [5.74, 6) is 0. The minimum Gasteiger partial charge on any atom is -0.375 e. The van der Waals surface area contributed by atoms with Crippen molar-refractivity contribution >= 4 is 27.9 Å². The predicted molar refractivity (Wildman–Crippen MR) is 106 cm³/mol. The first-order chi connectivity index (χ1) is 12.4. The Kier molecular flexibility index (Phi) is 4.36. The van der Waals surface area contributed by atoms with Gasteiger partial charge < -0.3 is 9.30 Å². The zero-order valence-electron chi connectivity index (χ0n) is 14.2. The number of aromatic nitrogens is 1. The Hall–Kier alpha value is -2.84. The third-order valence-corrected chi connectivity index (χ3v) is 4.62. The standard InChI is InChI=1S/C23H21NO/c1-2-18-11-13-19(14-12-18)17-25-16-15-24-22-9-5-3-7-20(22)21-8-4-6-10-23(21)24/h2-14H,1,15-17H2. The SMILES string of the molecule is C=Cc1ccc(COCCn2c3ccccc3c3ccccc32)cc1. The van der Waals surface area contributed by atoms with Crippen molar-refractivity contribution in [3.63, 3.8) is 0 Å². The van der Waals surface area contributed by atoms with Crippen LogP contribution in [0.25, 0.3) is 27.9 Å². The van der Waals surface area contributed by atoms with Gasteiger partial charge in [-0.05, 0) is 23.3 Å². The molecule has 0 saturated heterocycles. The number of fused-ring (bicyclic) bond motifs is 3. The average Bonchev–Trinajstić information content (AvgIpc) is 3.00.